The van der Waals surface area contributed by atoms with Crippen LogP contribution in [0.1, 0.15) is 39.1 Å². The molecule has 1 aromatic carbocycles. The zero-order chi connectivity index (χ0) is 13.1. The SMILES string of the molecule is CCC(=O)N[C@@H](C)c1nc2ccccc2n1CC. The van der Waals surface area contributed by atoms with Gasteiger partial charge in [0.25, 0.3) is 0 Å². The number of carbonyl (C=O) groups excluding carboxylic acids is 1. The van der Waals surface area contributed by atoms with E-state index >= 15 is 0 Å². The van der Waals surface area contributed by atoms with Gasteiger partial charge in [0.2, 0.25) is 5.91 Å². The van der Waals surface area contributed by atoms with E-state index in [1.165, 1.54) is 0 Å². The highest BCUT2D eigenvalue weighted by Crippen LogP contribution is 2.20. The van der Waals surface area contributed by atoms with Crippen molar-refractivity contribution < 1.29 is 4.79 Å². The van der Waals surface area contributed by atoms with Gasteiger partial charge in [0.1, 0.15) is 5.82 Å². The number of nitrogens with zero attached hydrogens (tertiary/aromatic N) is 2. The molecule has 0 saturated carbocycles. The van der Waals surface area contributed by atoms with Gasteiger partial charge in [-0.05, 0) is 26.0 Å². The number of hydrogen-bond donors (Lipinski definition) is 1. The maximum absolute atomic E-state index is 11.5. The van der Waals surface area contributed by atoms with Crippen molar-refractivity contribution in [2.24, 2.45) is 0 Å². The highest BCUT2D eigenvalue weighted by molar-refractivity contribution is 5.77. The van der Waals surface area contributed by atoms with Crippen LogP contribution in [-0.2, 0) is 11.3 Å². The van der Waals surface area contributed by atoms with Crippen LogP contribution in [0.25, 0.3) is 11.0 Å². The Bertz CT molecular complexity index is 559. The van der Waals surface area contributed by atoms with Crippen LogP contribution < -0.4 is 5.32 Å². The molecule has 18 heavy (non-hydrogen) atoms. The molecule has 1 heterocycles. The molecule has 2 aromatic rings. The molecule has 0 saturated heterocycles. The summed E-state index contributed by atoms with van der Waals surface area (Å²) in [5.41, 5.74) is 2.10. The fourth-order valence-electron chi connectivity index (χ4n) is 2.17. The molecule has 4 heteroatoms. The molecular formula is C14H19N3O. The minimum Gasteiger partial charge on any atom is -0.346 e. The second kappa shape index (κ2) is 5.21. The van der Waals surface area contributed by atoms with E-state index in [1.54, 1.807) is 0 Å². The lowest BCUT2D eigenvalue weighted by molar-refractivity contribution is -0.121. The number of carbonyl (C=O) groups is 1. The smallest absolute Gasteiger partial charge is 0.220 e. The Morgan fingerprint density at radius 1 is 1.39 bits per heavy atom. The van der Waals surface area contributed by atoms with E-state index < -0.39 is 0 Å². The fraction of sp³-hybridized carbons (Fsp3) is 0.429. The van der Waals surface area contributed by atoms with E-state index in [1.807, 2.05) is 32.0 Å². The Kier molecular flexibility index (Phi) is 3.65. The third kappa shape index (κ3) is 2.23. The standard InChI is InChI=1S/C14H19N3O/c1-4-13(18)15-10(3)14-16-11-8-6-7-9-12(11)17(14)5-2/h6-10H,4-5H2,1-3H3,(H,15,18)/t10-/m0/s1. The van der Waals surface area contributed by atoms with Crippen molar-refractivity contribution in [3.05, 3.63) is 30.1 Å². The summed E-state index contributed by atoms with van der Waals surface area (Å²) in [6, 6.07) is 7.98. The van der Waals surface area contributed by atoms with Crippen molar-refractivity contribution in [1.29, 1.82) is 0 Å². The van der Waals surface area contributed by atoms with Gasteiger partial charge in [-0.2, -0.15) is 0 Å². The highest BCUT2D eigenvalue weighted by atomic mass is 16.1. The molecule has 0 aliphatic heterocycles. The Balaban J connectivity index is 2.40. The highest BCUT2D eigenvalue weighted by Gasteiger charge is 2.16. The third-order valence-corrected chi connectivity index (χ3v) is 3.09. The molecule has 2 rings (SSSR count). The lowest BCUT2D eigenvalue weighted by Gasteiger charge is -2.14. The van der Waals surface area contributed by atoms with Gasteiger partial charge in [-0.25, -0.2) is 4.98 Å². The monoisotopic (exact) mass is 245 g/mol. The summed E-state index contributed by atoms with van der Waals surface area (Å²) in [5.74, 6) is 0.970. The van der Waals surface area contributed by atoms with Gasteiger partial charge in [0, 0.05) is 13.0 Å². The molecule has 4 nitrogen and oxygen atoms in total. The maximum Gasteiger partial charge on any atom is 0.220 e. The first kappa shape index (κ1) is 12.6. The Morgan fingerprint density at radius 3 is 2.78 bits per heavy atom. The zero-order valence-corrected chi connectivity index (χ0v) is 11.1. The molecular weight excluding hydrogens is 226 g/mol. The number of aryl methyl sites for hydroxylation is 1. The minimum absolute atomic E-state index is 0.0530. The number of imidazole rings is 1. The molecule has 1 aromatic heterocycles. The Morgan fingerprint density at radius 2 is 2.11 bits per heavy atom. The van der Waals surface area contributed by atoms with E-state index in [-0.39, 0.29) is 11.9 Å². The van der Waals surface area contributed by atoms with Crippen LogP contribution in [-0.4, -0.2) is 15.5 Å². The van der Waals surface area contributed by atoms with E-state index in [0.29, 0.717) is 6.42 Å². The van der Waals surface area contributed by atoms with Crippen LogP contribution in [0.4, 0.5) is 0 Å². The van der Waals surface area contributed by atoms with Gasteiger partial charge in [-0.15, -0.1) is 0 Å². The lowest BCUT2D eigenvalue weighted by Crippen LogP contribution is -2.27. The normalized spacial score (nSPS) is 12.6. The molecule has 0 radical (unpaired) electrons. The molecule has 0 fully saturated rings. The van der Waals surface area contributed by atoms with Crippen LogP contribution in [0, 0.1) is 0 Å². The van der Waals surface area contributed by atoms with Gasteiger partial charge in [0.05, 0.1) is 17.1 Å². The number of fused-ring (bicyclic) bond motifs is 1. The first-order valence-corrected chi connectivity index (χ1v) is 6.41. The van der Waals surface area contributed by atoms with Crippen molar-refractivity contribution in [1.82, 2.24) is 14.9 Å². The zero-order valence-electron chi connectivity index (χ0n) is 11.1. The van der Waals surface area contributed by atoms with Gasteiger partial charge in [-0.1, -0.05) is 19.1 Å². The van der Waals surface area contributed by atoms with Crippen LogP contribution in [0.2, 0.25) is 0 Å². The van der Waals surface area contributed by atoms with Crippen molar-refractivity contribution in [3.8, 4) is 0 Å². The molecule has 1 atom stereocenters. The van der Waals surface area contributed by atoms with E-state index in [4.69, 9.17) is 0 Å². The summed E-state index contributed by atoms with van der Waals surface area (Å²) < 4.78 is 2.15. The molecule has 1 N–H and O–H groups in total. The van der Waals surface area contributed by atoms with Crippen molar-refractivity contribution in [3.63, 3.8) is 0 Å². The maximum atomic E-state index is 11.5. The number of rotatable bonds is 4. The minimum atomic E-state index is -0.0650. The third-order valence-electron chi connectivity index (χ3n) is 3.09. The first-order chi connectivity index (χ1) is 8.67. The number of amides is 1. The molecule has 0 aliphatic rings. The van der Waals surface area contributed by atoms with Crippen molar-refractivity contribution in [2.75, 3.05) is 0 Å². The first-order valence-electron chi connectivity index (χ1n) is 6.41. The van der Waals surface area contributed by atoms with Gasteiger partial charge >= 0.3 is 0 Å². The summed E-state index contributed by atoms with van der Waals surface area (Å²) in [5, 5.41) is 2.96. The summed E-state index contributed by atoms with van der Waals surface area (Å²) in [6.07, 6.45) is 0.497. The second-order valence-corrected chi connectivity index (χ2v) is 4.35. The van der Waals surface area contributed by atoms with Crippen LogP contribution in [0.15, 0.2) is 24.3 Å². The van der Waals surface area contributed by atoms with Gasteiger partial charge in [-0.3, -0.25) is 4.79 Å². The van der Waals surface area contributed by atoms with Gasteiger partial charge < -0.3 is 9.88 Å². The lowest BCUT2D eigenvalue weighted by atomic mass is 10.3. The fourth-order valence-corrected chi connectivity index (χ4v) is 2.17. The number of aromatic nitrogens is 2. The molecule has 0 aliphatic carbocycles. The summed E-state index contributed by atoms with van der Waals surface area (Å²) in [4.78, 5) is 16.1. The van der Waals surface area contributed by atoms with Crippen molar-refractivity contribution >= 4 is 16.9 Å². The molecule has 0 spiro atoms. The number of benzene rings is 1. The number of nitrogens with one attached hydrogen (secondary N) is 1. The molecule has 1 amide bonds. The summed E-state index contributed by atoms with van der Waals surface area (Å²) >= 11 is 0. The number of hydrogen-bond acceptors (Lipinski definition) is 2. The average Bonchev–Trinajstić information content (AvgIpc) is 2.77. The largest absolute Gasteiger partial charge is 0.346 e. The number of para-hydroxylation sites is 2. The second-order valence-electron chi connectivity index (χ2n) is 4.35. The predicted molar refractivity (Wildman–Crippen MR) is 72.3 cm³/mol. The van der Waals surface area contributed by atoms with Crippen LogP contribution >= 0.6 is 0 Å². The Hall–Kier alpha value is -1.84. The molecule has 0 unspecified atom stereocenters. The quantitative estimate of drug-likeness (QED) is 0.900. The van der Waals surface area contributed by atoms with E-state index in [0.717, 1.165) is 23.4 Å². The van der Waals surface area contributed by atoms with Crippen LogP contribution in [0.5, 0.6) is 0 Å². The van der Waals surface area contributed by atoms with Crippen LogP contribution in [0.3, 0.4) is 0 Å². The van der Waals surface area contributed by atoms with Crippen molar-refractivity contribution in [2.45, 2.75) is 39.8 Å². The van der Waals surface area contributed by atoms with Gasteiger partial charge in [0.15, 0.2) is 0 Å². The van der Waals surface area contributed by atoms with E-state index in [9.17, 15) is 4.79 Å². The molecule has 0 bridgehead atoms. The predicted octanol–water partition coefficient (Wildman–Crippen LogP) is 2.64. The Labute approximate surface area is 107 Å². The summed E-state index contributed by atoms with van der Waals surface area (Å²) in [7, 11) is 0. The topological polar surface area (TPSA) is 46.9 Å². The average molecular weight is 245 g/mol. The van der Waals surface area contributed by atoms with E-state index in [2.05, 4.69) is 27.9 Å². The molecule has 96 valence electrons. The summed E-state index contributed by atoms with van der Waals surface area (Å²) in [6.45, 7) is 6.76.